The zero-order valence-electron chi connectivity index (χ0n) is 14.4. The molecule has 0 bridgehead atoms. The van der Waals surface area contributed by atoms with Crippen LogP contribution in [0.1, 0.15) is 41.9 Å². The van der Waals surface area contributed by atoms with Gasteiger partial charge in [-0.05, 0) is 45.0 Å². The van der Waals surface area contributed by atoms with E-state index < -0.39 is 5.54 Å². The molecule has 0 unspecified atom stereocenters. The van der Waals surface area contributed by atoms with E-state index in [9.17, 15) is 9.59 Å². The van der Waals surface area contributed by atoms with E-state index in [1.807, 2.05) is 45.0 Å². The van der Waals surface area contributed by atoms with E-state index >= 15 is 0 Å². The highest BCUT2D eigenvalue weighted by atomic mass is 16.2. The Bertz CT molecular complexity index is 923. The molecule has 2 amide bonds. The second-order valence-corrected chi connectivity index (χ2v) is 6.76. The summed E-state index contributed by atoms with van der Waals surface area (Å²) in [6.45, 7) is 5.68. The molecule has 6 heteroatoms. The summed E-state index contributed by atoms with van der Waals surface area (Å²) in [5.74, 6) is -0.499. The first kappa shape index (κ1) is 16.7. The molecule has 2 heterocycles. The Labute approximate surface area is 145 Å². The van der Waals surface area contributed by atoms with Crippen molar-refractivity contribution in [2.24, 2.45) is 0 Å². The third kappa shape index (κ3) is 3.68. The Kier molecular flexibility index (Phi) is 4.27. The molecule has 3 rings (SSSR count). The number of rotatable bonds is 3. The van der Waals surface area contributed by atoms with Crippen molar-refractivity contribution < 1.29 is 9.59 Å². The number of imidazole rings is 1. The van der Waals surface area contributed by atoms with Gasteiger partial charge in [0.1, 0.15) is 0 Å². The smallest absolute Gasteiger partial charge is 0.288 e. The van der Waals surface area contributed by atoms with Crippen LogP contribution in [0.2, 0.25) is 0 Å². The van der Waals surface area contributed by atoms with Crippen LogP contribution in [0.3, 0.4) is 0 Å². The topological polar surface area (TPSA) is 75.5 Å². The van der Waals surface area contributed by atoms with Crippen molar-refractivity contribution in [1.29, 1.82) is 0 Å². The van der Waals surface area contributed by atoms with Crippen LogP contribution in [-0.2, 0) is 0 Å². The molecule has 0 radical (unpaired) electrons. The molecule has 0 saturated carbocycles. The molecular formula is C19H20N4O2. The number of nitrogens with one attached hydrogen (secondary N) is 2. The van der Waals surface area contributed by atoms with E-state index in [0.29, 0.717) is 11.2 Å². The van der Waals surface area contributed by atoms with Crippen LogP contribution in [0.25, 0.3) is 5.52 Å². The third-order valence-electron chi connectivity index (χ3n) is 3.49. The Morgan fingerprint density at radius 3 is 2.32 bits per heavy atom. The van der Waals surface area contributed by atoms with Crippen LogP contribution in [0.15, 0.2) is 54.7 Å². The Morgan fingerprint density at radius 2 is 1.64 bits per heavy atom. The van der Waals surface area contributed by atoms with Crippen LogP contribution in [0.5, 0.6) is 0 Å². The molecule has 0 aliphatic carbocycles. The van der Waals surface area contributed by atoms with Gasteiger partial charge in [-0.1, -0.05) is 24.3 Å². The summed E-state index contributed by atoms with van der Waals surface area (Å²) >= 11 is 0. The van der Waals surface area contributed by atoms with Gasteiger partial charge in [-0.25, -0.2) is 4.98 Å². The van der Waals surface area contributed by atoms with Crippen molar-refractivity contribution in [1.82, 2.24) is 14.7 Å². The summed E-state index contributed by atoms with van der Waals surface area (Å²) in [5, 5.41) is 5.68. The van der Waals surface area contributed by atoms with Crippen LogP contribution >= 0.6 is 0 Å². The molecule has 1 aromatic carbocycles. The molecule has 0 saturated heterocycles. The first-order valence-corrected chi connectivity index (χ1v) is 8.01. The number of para-hydroxylation sites is 1. The number of benzene rings is 1. The predicted molar refractivity (Wildman–Crippen MR) is 96.8 cm³/mol. The molecule has 0 aliphatic rings. The molecule has 0 atom stereocenters. The van der Waals surface area contributed by atoms with E-state index in [1.165, 1.54) is 0 Å². The number of hydrogen-bond donors (Lipinski definition) is 2. The van der Waals surface area contributed by atoms with Crippen LogP contribution in [0, 0.1) is 0 Å². The molecule has 0 aliphatic heterocycles. The minimum absolute atomic E-state index is 0.184. The lowest BCUT2D eigenvalue weighted by Gasteiger charge is -2.19. The summed E-state index contributed by atoms with van der Waals surface area (Å²) in [6.07, 6.45) is 1.72. The third-order valence-corrected chi connectivity index (χ3v) is 3.49. The number of nitrogens with zero attached hydrogens (tertiary/aromatic N) is 2. The monoisotopic (exact) mass is 336 g/mol. The van der Waals surface area contributed by atoms with Gasteiger partial charge in [0.2, 0.25) is 5.82 Å². The number of anilines is 1. The van der Waals surface area contributed by atoms with Crippen molar-refractivity contribution in [3.05, 3.63) is 66.2 Å². The second-order valence-electron chi connectivity index (χ2n) is 6.76. The minimum Gasteiger partial charge on any atom is -0.345 e. The van der Waals surface area contributed by atoms with Gasteiger partial charge >= 0.3 is 0 Å². The van der Waals surface area contributed by atoms with Gasteiger partial charge in [-0.3, -0.25) is 14.0 Å². The van der Waals surface area contributed by atoms with Crippen molar-refractivity contribution in [2.45, 2.75) is 26.3 Å². The van der Waals surface area contributed by atoms with Gasteiger partial charge in [0.05, 0.1) is 5.52 Å². The van der Waals surface area contributed by atoms with Gasteiger partial charge in [0.25, 0.3) is 11.8 Å². The molecule has 0 spiro atoms. The average molecular weight is 336 g/mol. The number of hydrogen-bond acceptors (Lipinski definition) is 3. The molecular weight excluding hydrogens is 316 g/mol. The van der Waals surface area contributed by atoms with Crippen molar-refractivity contribution in [3.8, 4) is 0 Å². The number of fused-ring (bicyclic) bond motifs is 1. The summed E-state index contributed by atoms with van der Waals surface area (Å²) in [7, 11) is 0. The lowest BCUT2D eigenvalue weighted by molar-refractivity contribution is 0.0908. The summed E-state index contributed by atoms with van der Waals surface area (Å²) in [6, 6.07) is 14.5. The van der Waals surface area contributed by atoms with Gasteiger partial charge in [-0.15, -0.1) is 0 Å². The fourth-order valence-electron chi connectivity index (χ4n) is 2.47. The fourth-order valence-corrected chi connectivity index (χ4v) is 2.47. The first-order valence-electron chi connectivity index (χ1n) is 8.01. The molecule has 6 nitrogen and oxygen atoms in total. The van der Waals surface area contributed by atoms with Gasteiger partial charge in [-0.2, -0.15) is 0 Å². The second kappa shape index (κ2) is 6.39. The number of pyridine rings is 1. The molecule has 0 fully saturated rings. The standard InChI is InChI=1S/C19H20N4O2/c1-19(2,3)22-18(25)16-21-15(14-11-7-8-12-23(14)16)17(24)20-13-9-5-4-6-10-13/h4-12H,1-3H3,(H,20,24)(H,22,25). The lowest BCUT2D eigenvalue weighted by atomic mass is 10.1. The number of amides is 2. The van der Waals surface area contributed by atoms with Crippen LogP contribution in [0.4, 0.5) is 5.69 Å². The molecule has 3 aromatic rings. The molecule has 25 heavy (non-hydrogen) atoms. The summed E-state index contributed by atoms with van der Waals surface area (Å²) in [5.41, 5.74) is 1.06. The normalized spacial score (nSPS) is 11.3. The Balaban J connectivity index is 1.99. The van der Waals surface area contributed by atoms with Gasteiger partial charge < -0.3 is 10.6 Å². The predicted octanol–water partition coefficient (Wildman–Crippen LogP) is 3.11. The maximum atomic E-state index is 12.6. The van der Waals surface area contributed by atoms with Crippen molar-refractivity contribution in [2.75, 3.05) is 5.32 Å². The van der Waals surface area contributed by atoms with Gasteiger partial charge in [0, 0.05) is 17.4 Å². The number of carbonyl (C=O) groups is 2. The first-order chi connectivity index (χ1) is 11.8. The minimum atomic E-state index is -0.399. The summed E-state index contributed by atoms with van der Waals surface area (Å²) in [4.78, 5) is 29.5. The van der Waals surface area contributed by atoms with Crippen molar-refractivity contribution >= 4 is 23.0 Å². The van der Waals surface area contributed by atoms with E-state index in [2.05, 4.69) is 15.6 Å². The highest BCUT2D eigenvalue weighted by molar-refractivity contribution is 6.08. The molecule has 128 valence electrons. The zero-order chi connectivity index (χ0) is 18.0. The SMILES string of the molecule is CC(C)(C)NC(=O)c1nc(C(=O)Nc2ccccc2)c2ccccn12. The van der Waals surface area contributed by atoms with E-state index in [1.54, 1.807) is 34.9 Å². The number of aromatic nitrogens is 2. The van der Waals surface area contributed by atoms with Crippen molar-refractivity contribution in [3.63, 3.8) is 0 Å². The molecule has 2 N–H and O–H groups in total. The maximum Gasteiger partial charge on any atom is 0.288 e. The van der Waals surface area contributed by atoms with E-state index in [4.69, 9.17) is 0 Å². The van der Waals surface area contributed by atoms with E-state index in [0.717, 1.165) is 0 Å². The summed E-state index contributed by atoms with van der Waals surface area (Å²) < 4.78 is 1.63. The maximum absolute atomic E-state index is 12.6. The Morgan fingerprint density at radius 1 is 0.960 bits per heavy atom. The highest BCUT2D eigenvalue weighted by Gasteiger charge is 2.24. The van der Waals surface area contributed by atoms with Gasteiger partial charge in [0.15, 0.2) is 5.69 Å². The largest absolute Gasteiger partial charge is 0.345 e. The van der Waals surface area contributed by atoms with E-state index in [-0.39, 0.29) is 23.3 Å². The highest BCUT2D eigenvalue weighted by Crippen LogP contribution is 2.16. The lowest BCUT2D eigenvalue weighted by Crippen LogP contribution is -2.41. The average Bonchev–Trinajstić information content (AvgIpc) is 2.94. The quantitative estimate of drug-likeness (QED) is 0.771. The molecule has 2 aromatic heterocycles. The van der Waals surface area contributed by atoms with Crippen LogP contribution in [-0.4, -0.2) is 26.7 Å². The number of carbonyl (C=O) groups excluding carboxylic acids is 2. The Hall–Kier alpha value is -3.15. The zero-order valence-corrected chi connectivity index (χ0v) is 14.4. The van der Waals surface area contributed by atoms with Crippen LogP contribution < -0.4 is 10.6 Å². The fraction of sp³-hybridized carbons (Fsp3) is 0.211.